The number of amides is 4. The van der Waals surface area contributed by atoms with Gasteiger partial charge in [-0.15, -0.1) is 0 Å². The summed E-state index contributed by atoms with van der Waals surface area (Å²) in [6, 6.07) is 28.9. The molecule has 60 heavy (non-hydrogen) atoms. The molecule has 1 atom stereocenters. The number of carbonyl (C=O) groups excluding carboxylic acids is 4. The summed E-state index contributed by atoms with van der Waals surface area (Å²) in [5.41, 5.74) is 7.16. The number of hydrogen-bond acceptors (Lipinski definition) is 8. The number of carbonyl (C=O) groups is 4. The summed E-state index contributed by atoms with van der Waals surface area (Å²) in [7, 11) is 2.52. The molecule has 14 nitrogen and oxygen atoms in total. The maximum absolute atomic E-state index is 14.0. The number of fused-ring (bicyclic) bond motifs is 1. The topological polar surface area (TPSA) is 175 Å². The van der Waals surface area contributed by atoms with E-state index in [1.54, 1.807) is 34.3 Å². The van der Waals surface area contributed by atoms with Gasteiger partial charge >= 0.3 is 12.2 Å². The molecule has 0 aliphatic heterocycles. The number of hydrogen-bond donors (Lipinski definition) is 4. The van der Waals surface area contributed by atoms with Crippen LogP contribution in [0.2, 0.25) is 0 Å². The predicted molar refractivity (Wildman–Crippen MR) is 230 cm³/mol. The highest BCUT2D eigenvalue weighted by Gasteiger charge is 2.29. The minimum atomic E-state index is -0.954. The van der Waals surface area contributed by atoms with Crippen molar-refractivity contribution in [1.82, 2.24) is 40.4 Å². The molecule has 0 aliphatic rings. The van der Waals surface area contributed by atoms with Gasteiger partial charge in [0, 0.05) is 18.7 Å². The van der Waals surface area contributed by atoms with Crippen molar-refractivity contribution in [2.24, 2.45) is 0 Å². The molecule has 0 aliphatic carbocycles. The highest BCUT2D eigenvalue weighted by atomic mass is 16.5. The third-order valence-corrected chi connectivity index (χ3v) is 10.1. The van der Waals surface area contributed by atoms with Crippen molar-refractivity contribution in [3.05, 3.63) is 133 Å². The molecular formula is C46H50N8O6. The van der Waals surface area contributed by atoms with Gasteiger partial charge < -0.3 is 39.9 Å². The van der Waals surface area contributed by atoms with E-state index >= 15 is 0 Å². The number of methoxy groups -OCH3 is 2. The number of nitrogens with zero attached hydrogens (tertiary/aromatic N) is 4. The first kappa shape index (κ1) is 42.4. The first-order valence-corrected chi connectivity index (χ1v) is 19.8. The Kier molecular flexibility index (Phi) is 14.1. The van der Waals surface area contributed by atoms with E-state index in [4.69, 9.17) is 4.74 Å². The highest BCUT2D eigenvalue weighted by Crippen LogP contribution is 2.30. The zero-order valence-electron chi connectivity index (χ0n) is 34.3. The zero-order valence-corrected chi connectivity index (χ0v) is 34.3. The Bertz CT molecular complexity index is 2440. The zero-order chi connectivity index (χ0) is 42.6. The molecule has 2 aromatic heterocycles. The van der Waals surface area contributed by atoms with Crippen LogP contribution >= 0.6 is 0 Å². The fourth-order valence-corrected chi connectivity index (χ4v) is 6.76. The van der Waals surface area contributed by atoms with E-state index in [1.807, 2.05) is 50.2 Å². The number of H-pyrrole nitrogens is 2. The van der Waals surface area contributed by atoms with Gasteiger partial charge in [0.2, 0.25) is 5.91 Å². The molecule has 14 heteroatoms. The summed E-state index contributed by atoms with van der Waals surface area (Å²) < 4.78 is 9.41. The molecule has 0 fully saturated rings. The molecule has 6 rings (SSSR count). The largest absolute Gasteiger partial charge is 0.453 e. The summed E-state index contributed by atoms with van der Waals surface area (Å²) in [6.07, 6.45) is 3.61. The van der Waals surface area contributed by atoms with Crippen molar-refractivity contribution in [3.63, 3.8) is 0 Å². The molecule has 6 aromatic rings. The van der Waals surface area contributed by atoms with Crippen LogP contribution < -0.4 is 10.6 Å². The van der Waals surface area contributed by atoms with E-state index < -0.39 is 18.2 Å². The van der Waals surface area contributed by atoms with Crippen LogP contribution in [0.4, 0.5) is 9.59 Å². The van der Waals surface area contributed by atoms with Gasteiger partial charge in [0.1, 0.15) is 24.2 Å². The normalized spacial score (nSPS) is 11.4. The molecule has 0 bridgehead atoms. The number of benzene rings is 4. The van der Waals surface area contributed by atoms with E-state index in [9.17, 15) is 19.2 Å². The van der Waals surface area contributed by atoms with Crippen molar-refractivity contribution in [3.8, 4) is 33.6 Å². The van der Waals surface area contributed by atoms with Crippen LogP contribution in [0.3, 0.4) is 0 Å². The summed E-state index contributed by atoms with van der Waals surface area (Å²) in [5.74, 6) is 0.708. The Morgan fingerprint density at radius 3 is 1.90 bits per heavy atom. The Labute approximate surface area is 349 Å². The average molecular weight is 811 g/mol. The number of aromatic nitrogens is 4. The van der Waals surface area contributed by atoms with Gasteiger partial charge in [-0.3, -0.25) is 9.59 Å². The second-order valence-corrected chi connectivity index (χ2v) is 14.3. The third-order valence-electron chi connectivity index (χ3n) is 10.1. The number of aromatic amines is 2. The molecule has 4 amide bonds. The van der Waals surface area contributed by atoms with Gasteiger partial charge in [-0.2, -0.15) is 0 Å². The van der Waals surface area contributed by atoms with Crippen LogP contribution in [0.1, 0.15) is 49.9 Å². The first-order chi connectivity index (χ1) is 29.1. The molecule has 4 N–H and O–H groups in total. The molecule has 0 saturated carbocycles. The second-order valence-electron chi connectivity index (χ2n) is 14.3. The van der Waals surface area contributed by atoms with E-state index in [0.717, 1.165) is 56.4 Å². The van der Waals surface area contributed by atoms with Crippen molar-refractivity contribution >= 4 is 34.8 Å². The SMILES string of the molecule is C=C(CC)CN(Cc1ncc(-c2ccc(-c3ccc4cc(-c5cnc(CN(CCC)C(=O)CNC(=O)OC)[nH]5)ccc4c3)cc2)[nH]1)C(=O)C(NC(=O)OC)c1ccccc1. The Balaban J connectivity index is 1.13. The van der Waals surface area contributed by atoms with Gasteiger partial charge in [0.15, 0.2) is 0 Å². The molecule has 0 radical (unpaired) electrons. The minimum Gasteiger partial charge on any atom is -0.453 e. The maximum Gasteiger partial charge on any atom is 0.407 e. The van der Waals surface area contributed by atoms with Gasteiger partial charge in [-0.05, 0) is 58.0 Å². The van der Waals surface area contributed by atoms with Gasteiger partial charge in [0.05, 0.1) is 51.1 Å². The van der Waals surface area contributed by atoms with E-state index in [0.29, 0.717) is 36.7 Å². The number of ether oxygens (including phenoxy) is 2. The lowest BCUT2D eigenvalue weighted by Crippen LogP contribution is -2.43. The van der Waals surface area contributed by atoms with Crippen LogP contribution in [-0.2, 0) is 32.2 Å². The maximum atomic E-state index is 14.0. The Morgan fingerprint density at radius 1 is 0.717 bits per heavy atom. The van der Waals surface area contributed by atoms with Gasteiger partial charge in [-0.25, -0.2) is 19.6 Å². The van der Waals surface area contributed by atoms with Gasteiger partial charge in [-0.1, -0.05) is 105 Å². The van der Waals surface area contributed by atoms with Crippen molar-refractivity contribution in [2.45, 2.75) is 45.8 Å². The highest BCUT2D eigenvalue weighted by molar-refractivity contribution is 5.91. The number of imidazole rings is 2. The standard InChI is InChI=1S/C46H50N8O6/c1-6-21-53(42(55)26-49-45(57)59-4)28-40-48-25-39(51-40)37-20-19-35-22-34(17-18-36(35)23-37)31-13-15-32(16-14-31)38-24-47-41(50-38)29-54(27-30(3)7-2)44(56)43(52-46(58)60-5)33-11-9-8-10-12-33/h8-20,22-25,43H,3,6-7,21,26-29H2,1-2,4-5H3,(H,47,50)(H,48,51)(H,49,57)(H,52,58). The smallest absolute Gasteiger partial charge is 0.407 e. The fourth-order valence-electron chi connectivity index (χ4n) is 6.76. The monoisotopic (exact) mass is 810 g/mol. The Hall–Kier alpha value is -7.22. The number of alkyl carbamates (subject to hydrolysis) is 2. The van der Waals surface area contributed by atoms with Crippen molar-refractivity contribution < 1.29 is 28.7 Å². The van der Waals surface area contributed by atoms with Crippen LogP contribution in [0.15, 0.2) is 116 Å². The Morgan fingerprint density at radius 2 is 1.28 bits per heavy atom. The number of nitrogens with one attached hydrogen (secondary N) is 4. The lowest BCUT2D eigenvalue weighted by atomic mass is 9.98. The summed E-state index contributed by atoms with van der Waals surface area (Å²) in [4.78, 5) is 69.7. The van der Waals surface area contributed by atoms with E-state index in [-0.39, 0.29) is 31.4 Å². The third kappa shape index (κ3) is 10.6. The van der Waals surface area contributed by atoms with Crippen molar-refractivity contribution in [1.29, 1.82) is 0 Å². The number of rotatable bonds is 17. The quantitative estimate of drug-likeness (QED) is 0.0676. The van der Waals surface area contributed by atoms with Crippen LogP contribution in [-0.4, -0.2) is 87.6 Å². The second kappa shape index (κ2) is 20.0. The molecule has 1 unspecified atom stereocenters. The van der Waals surface area contributed by atoms with Crippen LogP contribution in [0.5, 0.6) is 0 Å². The predicted octanol–water partition coefficient (Wildman–Crippen LogP) is 7.77. The molecule has 310 valence electrons. The van der Waals surface area contributed by atoms with Crippen LogP contribution in [0.25, 0.3) is 44.4 Å². The lowest BCUT2D eigenvalue weighted by molar-refractivity contribution is -0.134. The molecule has 0 spiro atoms. The van der Waals surface area contributed by atoms with Crippen molar-refractivity contribution in [2.75, 3.05) is 33.9 Å². The summed E-state index contributed by atoms with van der Waals surface area (Å²) >= 11 is 0. The fraction of sp³-hybridized carbons (Fsp3) is 0.261. The molecule has 0 saturated heterocycles. The summed E-state index contributed by atoms with van der Waals surface area (Å²) in [5, 5.41) is 7.28. The van der Waals surface area contributed by atoms with E-state index in [1.165, 1.54) is 14.2 Å². The molecular weight excluding hydrogens is 761 g/mol. The molecule has 2 heterocycles. The van der Waals surface area contributed by atoms with Crippen LogP contribution in [0, 0.1) is 0 Å². The molecule has 4 aromatic carbocycles. The van der Waals surface area contributed by atoms with E-state index in [2.05, 4.69) is 84.3 Å². The summed E-state index contributed by atoms with van der Waals surface area (Å²) in [6.45, 7) is 9.24. The minimum absolute atomic E-state index is 0.153. The first-order valence-electron chi connectivity index (χ1n) is 19.8. The van der Waals surface area contributed by atoms with Gasteiger partial charge in [0.25, 0.3) is 5.91 Å². The average Bonchev–Trinajstić information content (AvgIpc) is 3.96. The lowest BCUT2D eigenvalue weighted by Gasteiger charge is -2.28.